The molecule has 1 aliphatic rings. The van der Waals surface area contributed by atoms with Crippen molar-refractivity contribution in [3.05, 3.63) is 89.6 Å². The molecule has 32 heavy (non-hydrogen) atoms. The van der Waals surface area contributed by atoms with Crippen LogP contribution in [0.2, 0.25) is 0 Å². The van der Waals surface area contributed by atoms with E-state index in [1.54, 1.807) is 7.11 Å². The van der Waals surface area contributed by atoms with Crippen molar-refractivity contribution < 1.29 is 19.0 Å². The summed E-state index contributed by atoms with van der Waals surface area (Å²) in [5.41, 5.74) is 4.02. The van der Waals surface area contributed by atoms with Crippen LogP contribution >= 0.6 is 0 Å². The predicted molar refractivity (Wildman–Crippen MR) is 122 cm³/mol. The Bertz CT molecular complexity index is 1250. The number of hydrogen-bond acceptors (Lipinski definition) is 4. The monoisotopic (exact) mass is 428 g/mol. The van der Waals surface area contributed by atoms with Gasteiger partial charge in [0, 0.05) is 36.0 Å². The van der Waals surface area contributed by atoms with E-state index in [-0.39, 0.29) is 25.0 Å². The van der Waals surface area contributed by atoms with Crippen LogP contribution in [0.5, 0.6) is 17.2 Å². The molecular weight excluding hydrogens is 404 g/mol. The van der Waals surface area contributed by atoms with E-state index in [4.69, 9.17) is 14.2 Å². The van der Waals surface area contributed by atoms with Crippen molar-refractivity contribution in [1.29, 1.82) is 0 Å². The van der Waals surface area contributed by atoms with Gasteiger partial charge < -0.3 is 24.5 Å². The van der Waals surface area contributed by atoms with Gasteiger partial charge in [0.05, 0.1) is 7.11 Å². The van der Waals surface area contributed by atoms with E-state index in [9.17, 15) is 4.79 Å². The highest BCUT2D eigenvalue weighted by molar-refractivity contribution is 5.91. The number of nitrogens with one attached hydrogen (secondary N) is 2. The first-order valence-electron chi connectivity index (χ1n) is 10.6. The molecule has 2 heterocycles. The first-order chi connectivity index (χ1) is 15.7. The second-order valence-corrected chi connectivity index (χ2v) is 7.76. The number of H-pyrrole nitrogens is 1. The van der Waals surface area contributed by atoms with Gasteiger partial charge in [-0.3, -0.25) is 4.79 Å². The minimum Gasteiger partial charge on any atom is -0.496 e. The molecular formula is C26H24N2O4. The SMILES string of the molecule is COc1cccc2[nH]cc(C(CC(=O)NCc3ccccc3)c3ccc4c(c3)OCO4)c12. The fourth-order valence-corrected chi connectivity index (χ4v) is 4.21. The van der Waals surface area contributed by atoms with Gasteiger partial charge in [0.15, 0.2) is 11.5 Å². The quantitative estimate of drug-likeness (QED) is 0.446. The van der Waals surface area contributed by atoms with E-state index in [1.807, 2.05) is 72.9 Å². The highest BCUT2D eigenvalue weighted by Gasteiger charge is 2.25. The Morgan fingerprint density at radius 3 is 2.75 bits per heavy atom. The second kappa shape index (κ2) is 8.67. The summed E-state index contributed by atoms with van der Waals surface area (Å²) in [5, 5.41) is 4.03. The molecule has 0 spiro atoms. The average molecular weight is 428 g/mol. The molecule has 162 valence electrons. The summed E-state index contributed by atoms with van der Waals surface area (Å²) < 4.78 is 16.7. The number of methoxy groups -OCH3 is 1. The number of carbonyl (C=O) groups excluding carboxylic acids is 1. The first kappa shape index (κ1) is 20.0. The largest absolute Gasteiger partial charge is 0.496 e. The predicted octanol–water partition coefficient (Wildman–Crippen LogP) is 4.74. The number of aromatic nitrogens is 1. The maximum Gasteiger partial charge on any atom is 0.231 e. The molecule has 1 unspecified atom stereocenters. The molecule has 4 aromatic rings. The molecule has 0 fully saturated rings. The van der Waals surface area contributed by atoms with Crippen LogP contribution in [0, 0.1) is 0 Å². The Balaban J connectivity index is 1.49. The summed E-state index contributed by atoms with van der Waals surface area (Å²) in [7, 11) is 1.66. The number of ether oxygens (including phenoxy) is 3. The van der Waals surface area contributed by atoms with Crippen LogP contribution in [0.3, 0.4) is 0 Å². The number of fused-ring (bicyclic) bond motifs is 2. The van der Waals surface area contributed by atoms with E-state index in [2.05, 4.69) is 10.3 Å². The molecule has 1 aromatic heterocycles. The number of aromatic amines is 1. The molecule has 0 aliphatic carbocycles. The lowest BCUT2D eigenvalue weighted by molar-refractivity contribution is -0.121. The van der Waals surface area contributed by atoms with E-state index >= 15 is 0 Å². The van der Waals surface area contributed by atoms with Gasteiger partial charge in [0.2, 0.25) is 12.7 Å². The van der Waals surface area contributed by atoms with Crippen molar-refractivity contribution in [3.63, 3.8) is 0 Å². The van der Waals surface area contributed by atoms with Crippen molar-refractivity contribution in [1.82, 2.24) is 10.3 Å². The Kier molecular flexibility index (Phi) is 5.42. The van der Waals surface area contributed by atoms with Crippen LogP contribution in [-0.2, 0) is 11.3 Å². The highest BCUT2D eigenvalue weighted by Crippen LogP contribution is 2.41. The molecule has 1 aliphatic heterocycles. The molecule has 6 heteroatoms. The zero-order valence-corrected chi connectivity index (χ0v) is 17.8. The van der Waals surface area contributed by atoms with Gasteiger partial charge in [0.1, 0.15) is 5.75 Å². The van der Waals surface area contributed by atoms with Crippen molar-refractivity contribution in [2.45, 2.75) is 18.9 Å². The van der Waals surface area contributed by atoms with E-state index < -0.39 is 0 Å². The molecule has 1 amide bonds. The fraction of sp³-hybridized carbons (Fsp3) is 0.192. The second-order valence-electron chi connectivity index (χ2n) is 7.76. The highest BCUT2D eigenvalue weighted by atomic mass is 16.7. The van der Waals surface area contributed by atoms with E-state index in [0.717, 1.165) is 39.1 Å². The molecule has 1 atom stereocenters. The fourth-order valence-electron chi connectivity index (χ4n) is 4.21. The maximum absolute atomic E-state index is 13.0. The standard InChI is InChI=1S/C26H24N2O4/c1-30-23-9-5-8-21-26(23)20(15-27-21)19(18-10-11-22-24(12-18)32-16-31-22)13-25(29)28-14-17-6-3-2-4-7-17/h2-12,15,19,27H,13-14,16H2,1H3,(H,28,29). The van der Waals surface area contributed by atoms with E-state index in [0.29, 0.717) is 12.3 Å². The van der Waals surface area contributed by atoms with Crippen molar-refractivity contribution >= 4 is 16.8 Å². The zero-order chi connectivity index (χ0) is 21.9. The number of rotatable bonds is 7. The Hall–Kier alpha value is -3.93. The summed E-state index contributed by atoms with van der Waals surface area (Å²) >= 11 is 0. The first-order valence-corrected chi connectivity index (χ1v) is 10.6. The van der Waals surface area contributed by atoms with Crippen LogP contribution < -0.4 is 19.5 Å². The lowest BCUT2D eigenvalue weighted by Crippen LogP contribution is -2.25. The van der Waals surface area contributed by atoms with Gasteiger partial charge in [-0.1, -0.05) is 42.5 Å². The van der Waals surface area contributed by atoms with Crippen molar-refractivity contribution in [2.75, 3.05) is 13.9 Å². The number of hydrogen-bond donors (Lipinski definition) is 2. The van der Waals surface area contributed by atoms with Gasteiger partial charge >= 0.3 is 0 Å². The summed E-state index contributed by atoms with van der Waals surface area (Å²) in [5.74, 6) is 1.97. The molecule has 0 saturated heterocycles. The van der Waals surface area contributed by atoms with Gasteiger partial charge in [0.25, 0.3) is 0 Å². The number of carbonyl (C=O) groups is 1. The Morgan fingerprint density at radius 2 is 1.91 bits per heavy atom. The van der Waals surface area contributed by atoms with E-state index in [1.165, 1.54) is 0 Å². The molecule has 6 nitrogen and oxygen atoms in total. The number of amides is 1. The molecule has 0 saturated carbocycles. The number of benzene rings is 3. The lowest BCUT2D eigenvalue weighted by atomic mass is 9.87. The summed E-state index contributed by atoms with van der Waals surface area (Å²) in [6.45, 7) is 0.701. The Labute approximate surface area is 186 Å². The minimum absolute atomic E-state index is 0.0271. The third kappa shape index (κ3) is 3.87. The molecule has 2 N–H and O–H groups in total. The molecule has 3 aromatic carbocycles. The maximum atomic E-state index is 13.0. The summed E-state index contributed by atoms with van der Waals surface area (Å²) in [6, 6.07) is 21.7. The van der Waals surface area contributed by atoms with Gasteiger partial charge in [-0.25, -0.2) is 0 Å². The van der Waals surface area contributed by atoms with Crippen molar-refractivity contribution in [3.8, 4) is 17.2 Å². The zero-order valence-electron chi connectivity index (χ0n) is 17.8. The third-order valence-corrected chi connectivity index (χ3v) is 5.81. The Morgan fingerprint density at radius 1 is 1.06 bits per heavy atom. The van der Waals surface area contributed by atoms with Gasteiger partial charge in [-0.05, 0) is 41.0 Å². The average Bonchev–Trinajstić information content (AvgIpc) is 3.48. The van der Waals surface area contributed by atoms with Crippen LogP contribution in [0.25, 0.3) is 10.9 Å². The van der Waals surface area contributed by atoms with Crippen LogP contribution in [-0.4, -0.2) is 24.8 Å². The van der Waals surface area contributed by atoms with Crippen LogP contribution in [0.4, 0.5) is 0 Å². The molecule has 0 radical (unpaired) electrons. The third-order valence-electron chi connectivity index (χ3n) is 5.81. The minimum atomic E-state index is -0.190. The topological polar surface area (TPSA) is 72.6 Å². The van der Waals surface area contributed by atoms with Crippen molar-refractivity contribution in [2.24, 2.45) is 0 Å². The normalized spacial score (nSPS) is 13.2. The van der Waals surface area contributed by atoms with Gasteiger partial charge in [-0.15, -0.1) is 0 Å². The van der Waals surface area contributed by atoms with Crippen LogP contribution in [0.15, 0.2) is 72.9 Å². The van der Waals surface area contributed by atoms with Crippen LogP contribution in [0.1, 0.15) is 29.0 Å². The van der Waals surface area contributed by atoms with Gasteiger partial charge in [-0.2, -0.15) is 0 Å². The summed E-state index contributed by atoms with van der Waals surface area (Å²) in [4.78, 5) is 16.3. The summed E-state index contributed by atoms with van der Waals surface area (Å²) in [6.07, 6.45) is 2.25. The smallest absolute Gasteiger partial charge is 0.231 e. The lowest BCUT2D eigenvalue weighted by Gasteiger charge is -2.18. The molecule has 5 rings (SSSR count). The molecule has 0 bridgehead atoms.